The highest BCUT2D eigenvalue weighted by Gasteiger charge is 2.07. The molecule has 0 amide bonds. The lowest BCUT2D eigenvalue weighted by Gasteiger charge is -2.06. The van der Waals surface area contributed by atoms with Crippen molar-refractivity contribution in [3.63, 3.8) is 0 Å². The first-order valence-corrected chi connectivity index (χ1v) is 4.19. The van der Waals surface area contributed by atoms with E-state index in [4.69, 9.17) is 10.4 Å². The van der Waals surface area contributed by atoms with E-state index < -0.39 is 5.97 Å². The van der Waals surface area contributed by atoms with Crippen molar-refractivity contribution >= 4 is 11.7 Å². The second-order valence-electron chi connectivity index (χ2n) is 2.69. The monoisotopic (exact) mass is 190 g/mol. The number of benzene rings is 1. The zero-order chi connectivity index (χ0) is 10.4. The van der Waals surface area contributed by atoms with Gasteiger partial charge < -0.3 is 10.4 Å². The fourth-order valence-corrected chi connectivity index (χ4v) is 1.08. The number of hydrogen-bond acceptors (Lipinski definition) is 3. The summed E-state index contributed by atoms with van der Waals surface area (Å²) in [5.41, 5.74) is 0.778. The number of hydrogen-bond donors (Lipinski definition) is 2. The molecule has 4 heteroatoms. The van der Waals surface area contributed by atoms with Crippen LogP contribution in [0.2, 0.25) is 0 Å². The van der Waals surface area contributed by atoms with Gasteiger partial charge in [-0.05, 0) is 12.1 Å². The van der Waals surface area contributed by atoms with Crippen molar-refractivity contribution in [2.24, 2.45) is 0 Å². The van der Waals surface area contributed by atoms with Crippen LogP contribution >= 0.6 is 0 Å². The van der Waals surface area contributed by atoms with Gasteiger partial charge in [0.1, 0.15) is 0 Å². The topological polar surface area (TPSA) is 73.1 Å². The second-order valence-corrected chi connectivity index (χ2v) is 2.69. The SMILES string of the molecule is N#CCCNc1ccccc1C(=O)O. The molecule has 0 radical (unpaired) electrons. The molecule has 0 saturated heterocycles. The first-order valence-electron chi connectivity index (χ1n) is 4.19. The molecule has 0 aliphatic heterocycles. The van der Waals surface area contributed by atoms with E-state index >= 15 is 0 Å². The Morgan fingerprint density at radius 2 is 2.21 bits per heavy atom. The van der Waals surface area contributed by atoms with Gasteiger partial charge in [0.15, 0.2) is 0 Å². The largest absolute Gasteiger partial charge is 0.478 e. The first-order chi connectivity index (χ1) is 6.75. The Morgan fingerprint density at radius 1 is 1.50 bits per heavy atom. The highest BCUT2D eigenvalue weighted by Crippen LogP contribution is 2.14. The van der Waals surface area contributed by atoms with Gasteiger partial charge in [0.25, 0.3) is 0 Å². The van der Waals surface area contributed by atoms with Gasteiger partial charge in [-0.1, -0.05) is 12.1 Å². The third-order valence-corrected chi connectivity index (χ3v) is 1.71. The Balaban J connectivity index is 2.75. The maximum atomic E-state index is 10.7. The molecule has 14 heavy (non-hydrogen) atoms. The van der Waals surface area contributed by atoms with Gasteiger partial charge in [-0.3, -0.25) is 0 Å². The predicted octanol–water partition coefficient (Wildman–Crippen LogP) is 1.71. The van der Waals surface area contributed by atoms with Crippen LogP contribution in [0.5, 0.6) is 0 Å². The van der Waals surface area contributed by atoms with Crippen LogP contribution in [0.3, 0.4) is 0 Å². The Bertz CT molecular complexity index is 369. The summed E-state index contributed by atoms with van der Waals surface area (Å²) in [5.74, 6) is -0.968. The first kappa shape index (κ1) is 10.1. The van der Waals surface area contributed by atoms with Crippen LogP contribution in [-0.2, 0) is 0 Å². The number of nitriles is 1. The summed E-state index contributed by atoms with van der Waals surface area (Å²) in [6.45, 7) is 0.459. The van der Waals surface area contributed by atoms with Crippen LogP contribution in [0.1, 0.15) is 16.8 Å². The minimum atomic E-state index is -0.968. The number of nitrogens with one attached hydrogen (secondary N) is 1. The summed E-state index contributed by atoms with van der Waals surface area (Å²) < 4.78 is 0. The summed E-state index contributed by atoms with van der Waals surface area (Å²) in [6, 6.07) is 8.60. The van der Waals surface area contributed by atoms with Gasteiger partial charge in [-0.25, -0.2) is 4.79 Å². The van der Waals surface area contributed by atoms with E-state index in [-0.39, 0.29) is 5.56 Å². The Morgan fingerprint density at radius 3 is 2.86 bits per heavy atom. The van der Waals surface area contributed by atoms with Crippen LogP contribution in [0.4, 0.5) is 5.69 Å². The van der Waals surface area contributed by atoms with E-state index in [2.05, 4.69) is 5.32 Å². The summed E-state index contributed by atoms with van der Waals surface area (Å²) >= 11 is 0. The minimum absolute atomic E-state index is 0.227. The van der Waals surface area contributed by atoms with Crippen LogP contribution < -0.4 is 5.32 Å². The quantitative estimate of drug-likeness (QED) is 0.709. The molecule has 4 nitrogen and oxygen atoms in total. The smallest absolute Gasteiger partial charge is 0.337 e. The number of nitrogens with zero attached hydrogens (tertiary/aromatic N) is 1. The van der Waals surface area contributed by atoms with E-state index in [9.17, 15) is 4.79 Å². The minimum Gasteiger partial charge on any atom is -0.478 e. The van der Waals surface area contributed by atoms with Crippen LogP contribution in [0.25, 0.3) is 0 Å². The van der Waals surface area contributed by atoms with Crippen LogP contribution in [0.15, 0.2) is 24.3 Å². The van der Waals surface area contributed by atoms with Gasteiger partial charge in [-0.15, -0.1) is 0 Å². The lowest BCUT2D eigenvalue weighted by Crippen LogP contribution is -2.06. The average molecular weight is 190 g/mol. The summed E-state index contributed by atoms with van der Waals surface area (Å²) in [7, 11) is 0. The van der Waals surface area contributed by atoms with E-state index in [0.717, 1.165) is 0 Å². The number of rotatable bonds is 4. The van der Waals surface area contributed by atoms with Gasteiger partial charge in [0.2, 0.25) is 0 Å². The van der Waals surface area contributed by atoms with Crippen LogP contribution in [0, 0.1) is 11.3 Å². The number of para-hydroxylation sites is 1. The van der Waals surface area contributed by atoms with Crippen molar-refractivity contribution in [1.82, 2.24) is 0 Å². The van der Waals surface area contributed by atoms with Crippen molar-refractivity contribution in [3.8, 4) is 6.07 Å². The fraction of sp³-hybridized carbons (Fsp3) is 0.200. The van der Waals surface area contributed by atoms with Crippen molar-refractivity contribution in [1.29, 1.82) is 5.26 Å². The van der Waals surface area contributed by atoms with Crippen LogP contribution in [-0.4, -0.2) is 17.6 Å². The standard InChI is InChI=1S/C10H10N2O2/c11-6-3-7-12-9-5-2-1-4-8(9)10(13)14/h1-2,4-5,12H,3,7H2,(H,13,14). The molecule has 0 spiro atoms. The summed E-state index contributed by atoms with van der Waals surface area (Å²) in [4.78, 5) is 10.7. The molecule has 72 valence electrons. The van der Waals surface area contributed by atoms with E-state index in [1.165, 1.54) is 6.07 Å². The highest BCUT2D eigenvalue weighted by molar-refractivity contribution is 5.94. The third kappa shape index (κ3) is 2.49. The lowest BCUT2D eigenvalue weighted by molar-refractivity contribution is 0.0698. The van der Waals surface area contributed by atoms with Crippen molar-refractivity contribution in [3.05, 3.63) is 29.8 Å². The number of anilines is 1. The number of carboxylic acid groups (broad SMARTS) is 1. The molecule has 1 rings (SSSR count). The number of carbonyl (C=O) groups is 1. The Kier molecular flexibility index (Phi) is 3.50. The maximum absolute atomic E-state index is 10.7. The van der Waals surface area contributed by atoms with E-state index in [0.29, 0.717) is 18.7 Å². The normalized spacial score (nSPS) is 9.07. The molecule has 0 saturated carbocycles. The zero-order valence-electron chi connectivity index (χ0n) is 7.53. The summed E-state index contributed by atoms with van der Waals surface area (Å²) in [5, 5.41) is 20.0. The van der Waals surface area contributed by atoms with E-state index in [1.807, 2.05) is 6.07 Å². The zero-order valence-corrected chi connectivity index (χ0v) is 7.53. The van der Waals surface area contributed by atoms with Gasteiger partial charge in [0, 0.05) is 12.2 Å². The molecule has 2 N–H and O–H groups in total. The summed E-state index contributed by atoms with van der Waals surface area (Å²) in [6.07, 6.45) is 0.355. The molecule has 0 aromatic heterocycles. The van der Waals surface area contributed by atoms with Gasteiger partial charge in [-0.2, -0.15) is 5.26 Å². The number of carboxylic acids is 1. The van der Waals surface area contributed by atoms with Crippen molar-refractivity contribution < 1.29 is 9.90 Å². The average Bonchev–Trinajstić information content (AvgIpc) is 2.19. The molecular weight excluding hydrogens is 180 g/mol. The lowest BCUT2D eigenvalue weighted by atomic mass is 10.2. The Labute approximate surface area is 81.8 Å². The fourth-order valence-electron chi connectivity index (χ4n) is 1.08. The second kappa shape index (κ2) is 4.87. The molecule has 0 fully saturated rings. The molecule has 1 aromatic carbocycles. The molecule has 1 aromatic rings. The molecule has 0 aliphatic carbocycles. The molecule has 0 aliphatic rings. The molecule has 0 bridgehead atoms. The Hall–Kier alpha value is -2.02. The molecular formula is C10H10N2O2. The number of aromatic carboxylic acids is 1. The van der Waals surface area contributed by atoms with E-state index in [1.54, 1.807) is 18.2 Å². The molecule has 0 heterocycles. The predicted molar refractivity (Wildman–Crippen MR) is 52.1 cm³/mol. The molecule has 0 unspecified atom stereocenters. The van der Waals surface area contributed by atoms with Gasteiger partial charge >= 0.3 is 5.97 Å². The maximum Gasteiger partial charge on any atom is 0.337 e. The highest BCUT2D eigenvalue weighted by atomic mass is 16.4. The third-order valence-electron chi connectivity index (χ3n) is 1.71. The van der Waals surface area contributed by atoms with Crippen molar-refractivity contribution in [2.45, 2.75) is 6.42 Å². The molecule has 0 atom stereocenters. The van der Waals surface area contributed by atoms with Crippen molar-refractivity contribution in [2.75, 3.05) is 11.9 Å². The van der Waals surface area contributed by atoms with Gasteiger partial charge in [0.05, 0.1) is 18.1 Å².